The Hall–Kier alpha value is -2.75. The predicted molar refractivity (Wildman–Crippen MR) is 156 cm³/mol. The zero-order valence-electron chi connectivity index (χ0n) is 25.0. The van der Waals surface area contributed by atoms with Gasteiger partial charge in [-0.25, -0.2) is 17.6 Å². The molecule has 1 unspecified atom stereocenters. The number of hydrogen-bond donors (Lipinski definition) is 0. The summed E-state index contributed by atoms with van der Waals surface area (Å²) in [5.74, 6) is -2.64. The second-order valence-corrected chi connectivity index (χ2v) is 14.0. The largest absolute Gasteiger partial charge is 0.343 e. The molecule has 4 aliphatic heterocycles. The van der Waals surface area contributed by atoms with Crippen LogP contribution in [0.25, 0.3) is 0 Å². The van der Waals surface area contributed by atoms with Crippen molar-refractivity contribution in [1.82, 2.24) is 9.80 Å². The first-order valence-electron chi connectivity index (χ1n) is 15.5. The highest BCUT2D eigenvalue weighted by atomic mass is 31.2. The number of benzene rings is 2. The van der Waals surface area contributed by atoms with Gasteiger partial charge in [0.2, 0.25) is 11.8 Å². The molecule has 0 aromatic heterocycles. The molecule has 2 aromatic rings. The fourth-order valence-electron chi connectivity index (χ4n) is 7.33. The third-order valence-corrected chi connectivity index (χ3v) is 11.7. The molecule has 6 rings (SSSR count). The van der Waals surface area contributed by atoms with Gasteiger partial charge in [0.15, 0.2) is 0 Å². The Bertz CT molecular complexity index is 1420. The van der Waals surface area contributed by atoms with E-state index in [4.69, 9.17) is 9.05 Å². The van der Waals surface area contributed by atoms with Crippen LogP contribution in [0.1, 0.15) is 94.8 Å². The van der Waals surface area contributed by atoms with E-state index in [2.05, 4.69) is 0 Å². The summed E-state index contributed by atoms with van der Waals surface area (Å²) in [4.78, 5) is 28.6. The topological polar surface area (TPSA) is 76.1 Å². The summed E-state index contributed by atoms with van der Waals surface area (Å²) in [6.45, 7) is 3.77. The number of amides is 2. The van der Waals surface area contributed by atoms with Gasteiger partial charge in [-0.2, -0.15) is 0 Å². The SMILES string of the molecule is CCOP(=O)(OCC)C1CC[C@H]2CC[C@@H](c3ccc(F)cc3F)N2C1=O.O=C1CCC[C@H]2CC[C@@H](c3ccc(F)cc3F)N12. The van der Waals surface area contributed by atoms with Crippen molar-refractivity contribution in [3.63, 3.8) is 0 Å². The monoisotopic (exact) mass is 638 g/mol. The molecular weight excluding hydrogens is 599 g/mol. The van der Waals surface area contributed by atoms with Crippen molar-refractivity contribution in [2.24, 2.45) is 0 Å². The smallest absolute Gasteiger partial charge is 0.333 e. The molecule has 0 saturated carbocycles. The molecule has 0 bridgehead atoms. The van der Waals surface area contributed by atoms with Gasteiger partial charge in [-0.15, -0.1) is 0 Å². The van der Waals surface area contributed by atoms with Crippen LogP contribution in [0.5, 0.6) is 0 Å². The lowest BCUT2D eigenvalue weighted by atomic mass is 10.0. The molecule has 12 heteroatoms. The Labute approximate surface area is 255 Å². The second kappa shape index (κ2) is 13.7. The zero-order chi connectivity index (χ0) is 31.6. The lowest BCUT2D eigenvalue weighted by molar-refractivity contribution is -0.137. The molecule has 4 heterocycles. The van der Waals surface area contributed by atoms with Crippen LogP contribution >= 0.6 is 7.60 Å². The van der Waals surface area contributed by atoms with Crippen LogP contribution in [0.2, 0.25) is 0 Å². The summed E-state index contributed by atoms with van der Waals surface area (Å²) >= 11 is 0. The van der Waals surface area contributed by atoms with E-state index in [9.17, 15) is 31.7 Å². The number of carbonyl (C=O) groups excluding carboxylic acids is 2. The van der Waals surface area contributed by atoms with Crippen LogP contribution in [0.4, 0.5) is 17.6 Å². The van der Waals surface area contributed by atoms with Gasteiger partial charge in [-0.05, 0) is 77.3 Å². The number of fused-ring (bicyclic) bond motifs is 2. The van der Waals surface area contributed by atoms with E-state index in [-0.39, 0.29) is 43.2 Å². The summed E-state index contributed by atoms with van der Waals surface area (Å²) in [7, 11) is -3.58. The third kappa shape index (κ3) is 6.46. The van der Waals surface area contributed by atoms with E-state index >= 15 is 0 Å². The first kappa shape index (κ1) is 32.6. The molecule has 0 aliphatic carbocycles. The Kier molecular flexibility index (Phi) is 10.2. The van der Waals surface area contributed by atoms with Gasteiger partial charge in [0, 0.05) is 41.8 Å². The zero-order valence-corrected chi connectivity index (χ0v) is 25.9. The molecule has 4 fully saturated rings. The van der Waals surface area contributed by atoms with Crippen molar-refractivity contribution in [1.29, 1.82) is 0 Å². The van der Waals surface area contributed by atoms with Crippen LogP contribution in [-0.2, 0) is 23.2 Å². The van der Waals surface area contributed by atoms with E-state index in [1.54, 1.807) is 18.7 Å². The quantitative estimate of drug-likeness (QED) is 0.231. The average Bonchev–Trinajstić information content (AvgIpc) is 3.60. The van der Waals surface area contributed by atoms with Crippen molar-refractivity contribution in [2.45, 2.75) is 101 Å². The van der Waals surface area contributed by atoms with Gasteiger partial charge in [-0.1, -0.05) is 12.1 Å². The highest BCUT2D eigenvalue weighted by Crippen LogP contribution is 2.58. The van der Waals surface area contributed by atoms with Crippen LogP contribution in [-0.4, -0.2) is 52.6 Å². The summed E-state index contributed by atoms with van der Waals surface area (Å²) in [6, 6.07) is 6.60. The van der Waals surface area contributed by atoms with Gasteiger partial charge in [-0.3, -0.25) is 14.2 Å². The van der Waals surface area contributed by atoms with Gasteiger partial charge in [0.05, 0.1) is 25.3 Å². The molecule has 0 radical (unpaired) electrons. The predicted octanol–water partition coefficient (Wildman–Crippen LogP) is 7.61. The summed E-state index contributed by atoms with van der Waals surface area (Å²) in [6.07, 6.45) is 6.62. The maximum atomic E-state index is 14.3. The fraction of sp³-hybridized carbons (Fsp3) is 0.562. The number of piperidine rings is 2. The Morgan fingerprint density at radius 3 is 1.75 bits per heavy atom. The van der Waals surface area contributed by atoms with Crippen LogP contribution in [0.3, 0.4) is 0 Å². The van der Waals surface area contributed by atoms with Gasteiger partial charge < -0.3 is 18.8 Å². The lowest BCUT2D eigenvalue weighted by Gasteiger charge is -2.40. The highest BCUT2D eigenvalue weighted by molar-refractivity contribution is 7.55. The molecule has 0 spiro atoms. The Balaban J connectivity index is 0.000000186. The van der Waals surface area contributed by atoms with Crippen molar-refractivity contribution >= 4 is 19.4 Å². The van der Waals surface area contributed by atoms with Crippen molar-refractivity contribution in [2.75, 3.05) is 13.2 Å². The normalized spacial score (nSPS) is 26.7. The van der Waals surface area contributed by atoms with Gasteiger partial charge in [0.1, 0.15) is 28.9 Å². The highest BCUT2D eigenvalue weighted by Gasteiger charge is 2.51. The maximum absolute atomic E-state index is 14.3. The van der Waals surface area contributed by atoms with Gasteiger partial charge in [0.25, 0.3) is 0 Å². The minimum absolute atomic E-state index is 0.0232. The minimum Gasteiger partial charge on any atom is -0.333 e. The van der Waals surface area contributed by atoms with E-state index < -0.39 is 42.6 Å². The van der Waals surface area contributed by atoms with Crippen LogP contribution < -0.4 is 0 Å². The average molecular weight is 639 g/mol. The molecule has 240 valence electrons. The van der Waals surface area contributed by atoms with Crippen LogP contribution in [0, 0.1) is 23.3 Å². The molecule has 7 nitrogen and oxygen atoms in total. The van der Waals surface area contributed by atoms with Crippen molar-refractivity contribution in [3.05, 3.63) is 70.8 Å². The molecular formula is C32H39F4N2O5P. The van der Waals surface area contributed by atoms with Crippen molar-refractivity contribution in [3.8, 4) is 0 Å². The fourth-order valence-corrected chi connectivity index (χ4v) is 9.36. The number of halogens is 4. The number of rotatable bonds is 7. The molecule has 2 amide bonds. The molecule has 5 atom stereocenters. The number of nitrogens with zero attached hydrogens (tertiary/aromatic N) is 2. The van der Waals surface area contributed by atoms with E-state index in [0.29, 0.717) is 36.8 Å². The number of carbonyl (C=O) groups is 2. The number of hydrogen-bond acceptors (Lipinski definition) is 5. The third-order valence-electron chi connectivity index (χ3n) is 9.18. The molecule has 44 heavy (non-hydrogen) atoms. The van der Waals surface area contributed by atoms with E-state index in [0.717, 1.165) is 44.2 Å². The van der Waals surface area contributed by atoms with Crippen molar-refractivity contribution < 1.29 is 40.8 Å². The standard InChI is InChI=1S/C18H24F2NO4P.C14H15F2NO/c1-3-24-26(23,25-4-2)17-10-7-13-6-9-16(21(13)18(17)22)14-8-5-12(19)11-15(14)20;15-9-4-6-11(12(16)8-9)13-7-5-10-2-1-3-14(18)17(10)13/h5,8,11,13,16-17H,3-4,6-7,9-10H2,1-2H3;4,6,8,10,13H,1-3,5,7H2/t13-,16+,17?;10-,13-/m10/s1. The summed E-state index contributed by atoms with van der Waals surface area (Å²) in [5, 5.41) is 0. The first-order chi connectivity index (χ1) is 21.1. The second-order valence-electron chi connectivity index (χ2n) is 11.7. The summed E-state index contributed by atoms with van der Waals surface area (Å²) in [5.41, 5.74) is -0.123. The maximum Gasteiger partial charge on any atom is 0.343 e. The van der Waals surface area contributed by atoms with Crippen LogP contribution in [0.15, 0.2) is 36.4 Å². The Morgan fingerprint density at radius 1 is 0.727 bits per heavy atom. The first-order valence-corrected chi connectivity index (χ1v) is 17.1. The molecule has 4 aliphatic rings. The molecule has 0 N–H and O–H groups in total. The molecule has 4 saturated heterocycles. The van der Waals surface area contributed by atoms with E-state index in [1.165, 1.54) is 24.3 Å². The van der Waals surface area contributed by atoms with E-state index in [1.807, 2.05) is 4.90 Å². The molecule has 2 aromatic carbocycles. The summed E-state index contributed by atoms with van der Waals surface area (Å²) < 4.78 is 78.1. The minimum atomic E-state index is -3.58. The Morgan fingerprint density at radius 2 is 1.23 bits per heavy atom. The lowest BCUT2D eigenvalue weighted by Crippen LogP contribution is -2.48. The van der Waals surface area contributed by atoms with Gasteiger partial charge >= 0.3 is 7.60 Å².